The third-order valence-electron chi connectivity index (χ3n) is 3.81. The number of primary amides is 1. The molecule has 13 heteroatoms. The van der Waals surface area contributed by atoms with Crippen LogP contribution in [0.5, 0.6) is 0 Å². The summed E-state index contributed by atoms with van der Waals surface area (Å²) in [4.78, 5) is 69.0. The molecule has 0 aliphatic heterocycles. The van der Waals surface area contributed by atoms with Crippen molar-refractivity contribution in [1.29, 1.82) is 0 Å². The average molecular weight is 431 g/mol. The number of carboxylic acid groups (broad SMARTS) is 2. The summed E-state index contributed by atoms with van der Waals surface area (Å²) in [5, 5.41) is 24.5. The quantitative estimate of drug-likeness (QED) is 0.151. The van der Waals surface area contributed by atoms with E-state index < -0.39 is 66.7 Å². The van der Waals surface area contributed by atoms with Crippen LogP contribution in [-0.2, 0) is 28.8 Å². The van der Waals surface area contributed by atoms with E-state index in [1.165, 1.54) is 0 Å². The summed E-state index contributed by atoms with van der Waals surface area (Å²) in [6.07, 6.45) is -0.928. The molecule has 0 aromatic rings. The third kappa shape index (κ3) is 11.6. The van der Waals surface area contributed by atoms with Gasteiger partial charge in [0.1, 0.15) is 12.1 Å². The van der Waals surface area contributed by atoms with Crippen LogP contribution in [0.2, 0.25) is 0 Å². The van der Waals surface area contributed by atoms with Gasteiger partial charge in [0.05, 0.1) is 19.0 Å². The summed E-state index contributed by atoms with van der Waals surface area (Å²) < 4.78 is 0. The van der Waals surface area contributed by atoms with Gasteiger partial charge in [0.2, 0.25) is 23.6 Å². The van der Waals surface area contributed by atoms with Crippen LogP contribution in [0, 0.1) is 5.92 Å². The van der Waals surface area contributed by atoms with Gasteiger partial charge in [-0.3, -0.25) is 24.0 Å². The topological polar surface area (TPSA) is 231 Å². The highest BCUT2D eigenvalue weighted by molar-refractivity contribution is 5.93. The van der Waals surface area contributed by atoms with Crippen molar-refractivity contribution < 1.29 is 39.0 Å². The Bertz CT molecular complexity index is 667. The second-order valence-corrected chi connectivity index (χ2v) is 7.08. The Labute approximate surface area is 172 Å². The van der Waals surface area contributed by atoms with Crippen molar-refractivity contribution in [2.24, 2.45) is 17.4 Å². The molecule has 30 heavy (non-hydrogen) atoms. The molecule has 0 aromatic heterocycles. The first kappa shape index (κ1) is 26.8. The number of nitrogens with one attached hydrogen (secondary N) is 3. The van der Waals surface area contributed by atoms with Crippen LogP contribution in [0.3, 0.4) is 0 Å². The Morgan fingerprint density at radius 3 is 2.00 bits per heavy atom. The molecule has 170 valence electrons. The van der Waals surface area contributed by atoms with Gasteiger partial charge in [-0.15, -0.1) is 0 Å². The van der Waals surface area contributed by atoms with Crippen LogP contribution in [-0.4, -0.2) is 70.5 Å². The number of hydrogen-bond acceptors (Lipinski definition) is 7. The van der Waals surface area contributed by atoms with Crippen LogP contribution in [0.25, 0.3) is 0 Å². The Morgan fingerprint density at radius 2 is 1.53 bits per heavy atom. The fourth-order valence-electron chi connectivity index (χ4n) is 2.35. The molecule has 0 saturated carbocycles. The van der Waals surface area contributed by atoms with Gasteiger partial charge in [0.25, 0.3) is 0 Å². The average Bonchev–Trinajstić information content (AvgIpc) is 2.61. The van der Waals surface area contributed by atoms with E-state index in [-0.39, 0.29) is 25.2 Å². The van der Waals surface area contributed by atoms with E-state index >= 15 is 0 Å². The molecule has 0 aliphatic carbocycles. The SMILES string of the molecule is CC(C)CC(NC(=O)C(CCC(N)=O)NC(=O)CNC(=O)C(N)CC(=O)O)C(=O)O. The maximum Gasteiger partial charge on any atom is 0.326 e. The number of carboxylic acids is 2. The highest BCUT2D eigenvalue weighted by Gasteiger charge is 2.27. The normalized spacial score (nSPS) is 13.6. The zero-order valence-corrected chi connectivity index (χ0v) is 16.8. The van der Waals surface area contributed by atoms with Crippen molar-refractivity contribution in [3.05, 3.63) is 0 Å². The maximum atomic E-state index is 12.4. The molecule has 4 amide bonds. The van der Waals surface area contributed by atoms with Crippen molar-refractivity contribution in [1.82, 2.24) is 16.0 Å². The largest absolute Gasteiger partial charge is 0.481 e. The molecule has 0 heterocycles. The molecule has 0 aliphatic rings. The van der Waals surface area contributed by atoms with E-state index in [1.807, 2.05) is 0 Å². The number of amides is 4. The van der Waals surface area contributed by atoms with Crippen molar-refractivity contribution >= 4 is 35.6 Å². The molecule has 9 N–H and O–H groups in total. The zero-order valence-electron chi connectivity index (χ0n) is 16.8. The first-order valence-electron chi connectivity index (χ1n) is 9.19. The van der Waals surface area contributed by atoms with Crippen LogP contribution >= 0.6 is 0 Å². The Hall–Kier alpha value is -3.22. The van der Waals surface area contributed by atoms with Gasteiger partial charge in [-0.2, -0.15) is 0 Å². The molecular weight excluding hydrogens is 402 g/mol. The Kier molecular flexibility index (Phi) is 11.7. The van der Waals surface area contributed by atoms with Crippen molar-refractivity contribution in [3.63, 3.8) is 0 Å². The van der Waals surface area contributed by atoms with E-state index in [0.29, 0.717) is 0 Å². The lowest BCUT2D eigenvalue weighted by molar-refractivity contribution is -0.142. The number of carbonyl (C=O) groups excluding carboxylic acids is 4. The molecule has 3 unspecified atom stereocenters. The second kappa shape index (κ2) is 13.1. The summed E-state index contributed by atoms with van der Waals surface area (Å²) in [5.41, 5.74) is 10.4. The number of nitrogens with two attached hydrogens (primary N) is 2. The highest BCUT2D eigenvalue weighted by atomic mass is 16.4. The number of hydrogen-bond donors (Lipinski definition) is 7. The molecule has 0 bridgehead atoms. The van der Waals surface area contributed by atoms with Crippen molar-refractivity contribution in [2.45, 2.75) is 57.7 Å². The fourth-order valence-corrected chi connectivity index (χ4v) is 2.35. The van der Waals surface area contributed by atoms with E-state index in [1.54, 1.807) is 13.8 Å². The predicted octanol–water partition coefficient (Wildman–Crippen LogP) is -2.73. The van der Waals surface area contributed by atoms with Gasteiger partial charge in [0, 0.05) is 6.42 Å². The highest BCUT2D eigenvalue weighted by Crippen LogP contribution is 2.06. The monoisotopic (exact) mass is 431 g/mol. The number of rotatable bonds is 14. The van der Waals surface area contributed by atoms with E-state index in [0.717, 1.165) is 0 Å². The summed E-state index contributed by atoms with van der Waals surface area (Å²) in [5.74, 6) is -5.84. The summed E-state index contributed by atoms with van der Waals surface area (Å²) >= 11 is 0. The second-order valence-electron chi connectivity index (χ2n) is 7.08. The van der Waals surface area contributed by atoms with Gasteiger partial charge in [-0.05, 0) is 18.8 Å². The summed E-state index contributed by atoms with van der Waals surface area (Å²) in [6.45, 7) is 2.93. The van der Waals surface area contributed by atoms with Crippen molar-refractivity contribution in [2.75, 3.05) is 6.54 Å². The zero-order chi connectivity index (χ0) is 23.4. The smallest absolute Gasteiger partial charge is 0.326 e. The minimum atomic E-state index is -1.36. The van der Waals surface area contributed by atoms with Gasteiger partial charge in [-0.1, -0.05) is 13.8 Å². The standard InChI is InChI=1S/C17H29N5O8/c1-8(2)5-11(17(29)30)22-16(28)10(3-4-12(19)23)21-13(24)7-20-15(27)9(18)6-14(25)26/h8-11H,3-7,18H2,1-2H3,(H2,19,23)(H,20,27)(H,21,24)(H,22,28)(H,25,26)(H,29,30). The fraction of sp³-hybridized carbons (Fsp3) is 0.647. The van der Waals surface area contributed by atoms with Gasteiger partial charge in [0.15, 0.2) is 0 Å². The first-order valence-corrected chi connectivity index (χ1v) is 9.19. The van der Waals surface area contributed by atoms with Crippen LogP contribution in [0.4, 0.5) is 0 Å². The van der Waals surface area contributed by atoms with Crippen molar-refractivity contribution in [3.8, 4) is 0 Å². The molecule has 3 atom stereocenters. The maximum absolute atomic E-state index is 12.4. The summed E-state index contributed by atoms with van der Waals surface area (Å²) in [6, 6.07) is -3.83. The van der Waals surface area contributed by atoms with Gasteiger partial charge in [-0.25, -0.2) is 4.79 Å². The molecule has 0 saturated heterocycles. The molecular formula is C17H29N5O8. The molecule has 0 fully saturated rings. The lowest BCUT2D eigenvalue weighted by Crippen LogP contribution is -2.54. The molecule has 0 spiro atoms. The Morgan fingerprint density at radius 1 is 0.933 bits per heavy atom. The minimum absolute atomic E-state index is 0.0321. The molecule has 13 nitrogen and oxygen atoms in total. The van der Waals surface area contributed by atoms with E-state index in [9.17, 15) is 33.9 Å². The third-order valence-corrected chi connectivity index (χ3v) is 3.81. The Balaban J connectivity index is 4.98. The van der Waals surface area contributed by atoms with E-state index in [4.69, 9.17) is 16.6 Å². The predicted molar refractivity (Wildman–Crippen MR) is 103 cm³/mol. The van der Waals surface area contributed by atoms with Crippen LogP contribution in [0.15, 0.2) is 0 Å². The van der Waals surface area contributed by atoms with E-state index in [2.05, 4.69) is 16.0 Å². The minimum Gasteiger partial charge on any atom is -0.481 e. The lowest BCUT2D eigenvalue weighted by Gasteiger charge is -2.22. The first-order chi connectivity index (χ1) is 13.8. The van der Waals surface area contributed by atoms with Crippen LogP contribution < -0.4 is 27.4 Å². The van der Waals surface area contributed by atoms with Gasteiger partial charge >= 0.3 is 11.9 Å². The summed E-state index contributed by atoms with van der Waals surface area (Å²) in [7, 11) is 0. The number of carbonyl (C=O) groups is 6. The van der Waals surface area contributed by atoms with Gasteiger partial charge < -0.3 is 37.6 Å². The molecule has 0 radical (unpaired) electrons. The lowest BCUT2D eigenvalue weighted by atomic mass is 10.0. The van der Waals surface area contributed by atoms with Crippen LogP contribution in [0.1, 0.15) is 39.5 Å². The molecule has 0 rings (SSSR count). The molecule has 0 aromatic carbocycles. The number of aliphatic carboxylic acids is 2.